The average molecular weight is 276 g/mol. The molecule has 2 rings (SSSR count). The number of hydrogen-bond donors (Lipinski definition) is 2. The predicted molar refractivity (Wildman–Crippen MR) is 73.9 cm³/mol. The standard InChI is InChI=1S/C13H16N4O3/c1-7-4-15-9(8(2)11(7)19-3)6-20-10-5-16-13(14)17-12(10)18/h4-5H,6H2,1-3H3,(H3,14,16,17,18). The number of pyridine rings is 1. The van der Waals surface area contributed by atoms with Gasteiger partial charge in [0.1, 0.15) is 12.4 Å². The quantitative estimate of drug-likeness (QED) is 0.861. The number of nitrogens with two attached hydrogens (primary N) is 1. The minimum absolute atomic E-state index is 0.0497. The molecular formula is C13H16N4O3. The van der Waals surface area contributed by atoms with E-state index in [9.17, 15) is 4.79 Å². The molecule has 106 valence electrons. The molecule has 0 fully saturated rings. The van der Waals surface area contributed by atoms with Crippen molar-refractivity contribution in [3.05, 3.63) is 39.6 Å². The first-order valence-electron chi connectivity index (χ1n) is 5.99. The normalized spacial score (nSPS) is 10.3. The summed E-state index contributed by atoms with van der Waals surface area (Å²) in [7, 11) is 1.61. The fourth-order valence-corrected chi connectivity index (χ4v) is 1.86. The summed E-state index contributed by atoms with van der Waals surface area (Å²) in [6.45, 7) is 3.96. The smallest absolute Gasteiger partial charge is 0.294 e. The van der Waals surface area contributed by atoms with Crippen LogP contribution in [-0.2, 0) is 6.61 Å². The number of anilines is 1. The summed E-state index contributed by atoms with van der Waals surface area (Å²) in [5, 5.41) is 0. The second-order valence-electron chi connectivity index (χ2n) is 4.30. The van der Waals surface area contributed by atoms with E-state index >= 15 is 0 Å². The zero-order valence-electron chi connectivity index (χ0n) is 11.6. The third-order valence-electron chi connectivity index (χ3n) is 2.90. The molecule has 0 amide bonds. The first-order chi connectivity index (χ1) is 9.52. The maximum atomic E-state index is 11.6. The van der Waals surface area contributed by atoms with Crippen molar-refractivity contribution in [2.24, 2.45) is 0 Å². The van der Waals surface area contributed by atoms with Crippen molar-refractivity contribution in [1.82, 2.24) is 15.0 Å². The lowest BCUT2D eigenvalue weighted by molar-refractivity contribution is 0.293. The van der Waals surface area contributed by atoms with Crippen molar-refractivity contribution < 1.29 is 9.47 Å². The number of nitrogens with one attached hydrogen (secondary N) is 1. The maximum absolute atomic E-state index is 11.6. The van der Waals surface area contributed by atoms with Crippen molar-refractivity contribution >= 4 is 5.95 Å². The average Bonchev–Trinajstić information content (AvgIpc) is 2.40. The van der Waals surface area contributed by atoms with Crippen molar-refractivity contribution in [3.63, 3.8) is 0 Å². The number of aromatic nitrogens is 3. The Morgan fingerprint density at radius 2 is 2.05 bits per heavy atom. The van der Waals surface area contributed by atoms with Crippen LogP contribution in [0.25, 0.3) is 0 Å². The molecule has 2 aromatic heterocycles. The molecule has 0 aliphatic rings. The molecular weight excluding hydrogens is 260 g/mol. The highest BCUT2D eigenvalue weighted by Crippen LogP contribution is 2.24. The van der Waals surface area contributed by atoms with Gasteiger partial charge in [-0.25, -0.2) is 4.98 Å². The lowest BCUT2D eigenvalue weighted by Gasteiger charge is -2.12. The van der Waals surface area contributed by atoms with Crippen LogP contribution in [-0.4, -0.2) is 22.1 Å². The molecule has 0 saturated carbocycles. The van der Waals surface area contributed by atoms with E-state index in [2.05, 4.69) is 15.0 Å². The van der Waals surface area contributed by atoms with Crippen LogP contribution in [0.2, 0.25) is 0 Å². The van der Waals surface area contributed by atoms with Gasteiger partial charge in [0.25, 0.3) is 5.56 Å². The second-order valence-corrected chi connectivity index (χ2v) is 4.30. The Balaban J connectivity index is 2.21. The predicted octanol–water partition coefficient (Wildman–Crippen LogP) is 0.952. The second kappa shape index (κ2) is 5.60. The van der Waals surface area contributed by atoms with Crippen LogP contribution in [0.1, 0.15) is 16.8 Å². The highest BCUT2D eigenvalue weighted by atomic mass is 16.5. The van der Waals surface area contributed by atoms with Gasteiger partial charge in [-0.3, -0.25) is 14.8 Å². The third kappa shape index (κ3) is 2.71. The number of hydrogen-bond acceptors (Lipinski definition) is 6. The van der Waals surface area contributed by atoms with Crippen LogP contribution >= 0.6 is 0 Å². The Bertz CT molecular complexity index is 682. The molecule has 0 aromatic carbocycles. The van der Waals surface area contributed by atoms with E-state index in [-0.39, 0.29) is 18.3 Å². The Hall–Kier alpha value is -2.57. The molecule has 0 saturated heterocycles. The van der Waals surface area contributed by atoms with Gasteiger partial charge < -0.3 is 15.2 Å². The van der Waals surface area contributed by atoms with Crippen LogP contribution in [0, 0.1) is 13.8 Å². The van der Waals surface area contributed by atoms with Crippen molar-refractivity contribution in [2.75, 3.05) is 12.8 Å². The lowest BCUT2D eigenvalue weighted by Crippen LogP contribution is -2.15. The van der Waals surface area contributed by atoms with E-state index in [1.807, 2.05) is 13.8 Å². The Morgan fingerprint density at radius 1 is 1.30 bits per heavy atom. The fraction of sp³-hybridized carbons (Fsp3) is 0.308. The van der Waals surface area contributed by atoms with Gasteiger partial charge in [-0.05, 0) is 13.8 Å². The minimum atomic E-state index is -0.422. The van der Waals surface area contributed by atoms with Gasteiger partial charge in [0, 0.05) is 17.3 Å². The first-order valence-corrected chi connectivity index (χ1v) is 5.99. The number of aryl methyl sites for hydroxylation is 1. The summed E-state index contributed by atoms with van der Waals surface area (Å²) >= 11 is 0. The number of H-pyrrole nitrogens is 1. The zero-order valence-corrected chi connectivity index (χ0v) is 11.6. The van der Waals surface area contributed by atoms with Gasteiger partial charge in [-0.2, -0.15) is 0 Å². The number of aromatic amines is 1. The van der Waals surface area contributed by atoms with Crippen LogP contribution in [0.3, 0.4) is 0 Å². The molecule has 0 bridgehead atoms. The molecule has 0 atom stereocenters. The molecule has 0 aliphatic carbocycles. The number of rotatable bonds is 4. The summed E-state index contributed by atoms with van der Waals surface area (Å²) in [6.07, 6.45) is 2.99. The molecule has 0 spiro atoms. The lowest BCUT2D eigenvalue weighted by atomic mass is 10.1. The molecule has 0 aliphatic heterocycles. The summed E-state index contributed by atoms with van der Waals surface area (Å²) in [5.41, 5.74) is 7.47. The van der Waals surface area contributed by atoms with Gasteiger partial charge >= 0.3 is 0 Å². The van der Waals surface area contributed by atoms with E-state index in [0.29, 0.717) is 5.69 Å². The number of ether oxygens (including phenoxy) is 2. The van der Waals surface area contributed by atoms with Crippen LogP contribution in [0.5, 0.6) is 11.5 Å². The van der Waals surface area contributed by atoms with Crippen LogP contribution in [0.4, 0.5) is 5.95 Å². The summed E-state index contributed by atoms with van der Waals surface area (Å²) < 4.78 is 10.7. The first kappa shape index (κ1) is 13.9. The van der Waals surface area contributed by atoms with Gasteiger partial charge in [0.05, 0.1) is 19.0 Å². The van der Waals surface area contributed by atoms with E-state index < -0.39 is 5.56 Å². The van der Waals surface area contributed by atoms with Gasteiger partial charge in [0.15, 0.2) is 5.95 Å². The zero-order chi connectivity index (χ0) is 14.7. The van der Waals surface area contributed by atoms with E-state index in [0.717, 1.165) is 16.9 Å². The van der Waals surface area contributed by atoms with Gasteiger partial charge in [-0.15, -0.1) is 0 Å². The maximum Gasteiger partial charge on any atom is 0.294 e. The summed E-state index contributed by atoms with van der Waals surface area (Å²) in [5.74, 6) is 0.913. The van der Waals surface area contributed by atoms with E-state index in [1.165, 1.54) is 6.20 Å². The molecule has 3 N–H and O–H groups in total. The number of nitrogens with zero attached hydrogens (tertiary/aromatic N) is 2. The van der Waals surface area contributed by atoms with Crippen LogP contribution < -0.4 is 20.8 Å². The van der Waals surface area contributed by atoms with E-state index in [1.54, 1.807) is 13.3 Å². The summed E-state index contributed by atoms with van der Waals surface area (Å²) in [4.78, 5) is 22.0. The number of nitrogen functional groups attached to an aromatic ring is 1. The Kier molecular flexibility index (Phi) is 3.88. The van der Waals surface area contributed by atoms with Crippen molar-refractivity contribution in [3.8, 4) is 11.5 Å². The van der Waals surface area contributed by atoms with Crippen LogP contribution in [0.15, 0.2) is 17.2 Å². The van der Waals surface area contributed by atoms with Gasteiger partial charge in [-0.1, -0.05) is 0 Å². The minimum Gasteiger partial charge on any atom is -0.496 e. The molecule has 2 heterocycles. The highest BCUT2D eigenvalue weighted by Gasteiger charge is 2.11. The molecule has 20 heavy (non-hydrogen) atoms. The Labute approximate surface area is 115 Å². The monoisotopic (exact) mass is 276 g/mol. The molecule has 2 aromatic rings. The van der Waals surface area contributed by atoms with Gasteiger partial charge in [0.2, 0.25) is 5.75 Å². The topological polar surface area (TPSA) is 103 Å². The molecule has 0 unspecified atom stereocenters. The fourth-order valence-electron chi connectivity index (χ4n) is 1.86. The molecule has 0 radical (unpaired) electrons. The largest absolute Gasteiger partial charge is 0.496 e. The third-order valence-corrected chi connectivity index (χ3v) is 2.90. The number of methoxy groups -OCH3 is 1. The van der Waals surface area contributed by atoms with Crippen molar-refractivity contribution in [2.45, 2.75) is 20.5 Å². The Morgan fingerprint density at radius 3 is 2.70 bits per heavy atom. The SMILES string of the molecule is COc1c(C)cnc(COc2cnc(N)[nH]c2=O)c1C. The van der Waals surface area contributed by atoms with E-state index in [4.69, 9.17) is 15.2 Å². The summed E-state index contributed by atoms with van der Waals surface area (Å²) in [6, 6.07) is 0. The highest BCUT2D eigenvalue weighted by molar-refractivity contribution is 5.41. The molecule has 7 heteroatoms. The molecule has 7 nitrogen and oxygen atoms in total. The van der Waals surface area contributed by atoms with Crippen molar-refractivity contribution in [1.29, 1.82) is 0 Å².